The molecular weight excluding hydrogens is 995 g/mol. The summed E-state index contributed by atoms with van der Waals surface area (Å²) in [6.45, 7) is 8.78. The maximum Gasteiger partial charge on any atom is 0.265 e. The first-order chi connectivity index (χ1) is 36.6. The van der Waals surface area contributed by atoms with E-state index < -0.39 is 19.9 Å². The van der Waals surface area contributed by atoms with E-state index in [2.05, 4.69) is 55.8 Å². The molecule has 0 radical (unpaired) electrons. The summed E-state index contributed by atoms with van der Waals surface area (Å²) in [4.78, 5) is 27.5. The first-order valence-electron chi connectivity index (χ1n) is 24.3. The van der Waals surface area contributed by atoms with Crippen LogP contribution in [0.1, 0.15) is 34.7 Å². The van der Waals surface area contributed by atoms with Crippen LogP contribution >= 0.6 is 0 Å². The summed E-state index contributed by atoms with van der Waals surface area (Å²) < 4.78 is 58.3. The quantitative estimate of drug-likeness (QED) is 0.0854. The number of fused-ring (bicyclic) bond motifs is 5. The average molecular weight is 1050 g/mol. The summed E-state index contributed by atoms with van der Waals surface area (Å²) in [6, 6.07) is 53.3. The number of anilines is 3. The van der Waals surface area contributed by atoms with Crippen LogP contribution in [0.2, 0.25) is 0 Å². The van der Waals surface area contributed by atoms with Gasteiger partial charge in [0.15, 0.2) is 21.5 Å². The van der Waals surface area contributed by atoms with Crippen LogP contribution in [0.15, 0.2) is 202 Å². The topological polar surface area (TPSA) is 198 Å². The Labute approximate surface area is 438 Å². The number of hydrogen-bond donors (Lipinski definition) is 4. The van der Waals surface area contributed by atoms with Gasteiger partial charge in [-0.15, -0.1) is 0 Å². The predicted molar refractivity (Wildman–Crippen MR) is 303 cm³/mol. The molecule has 380 valence electrons. The molecule has 0 aliphatic heterocycles. The van der Waals surface area contributed by atoms with E-state index in [9.17, 15) is 31.8 Å². The van der Waals surface area contributed by atoms with E-state index in [-0.39, 0.29) is 38.6 Å². The third-order valence-corrected chi connectivity index (χ3v) is 16.2. The van der Waals surface area contributed by atoms with Gasteiger partial charge in [-0.25, -0.2) is 31.4 Å². The fourth-order valence-electron chi connectivity index (χ4n) is 9.03. The zero-order valence-electron chi connectivity index (χ0n) is 41.8. The van der Waals surface area contributed by atoms with Crippen molar-refractivity contribution in [2.75, 3.05) is 10.0 Å². The van der Waals surface area contributed by atoms with E-state index in [1.807, 2.05) is 75.4 Å². The van der Waals surface area contributed by atoms with Crippen LogP contribution in [0, 0.1) is 20.8 Å². The molecule has 3 aromatic heterocycles. The van der Waals surface area contributed by atoms with Crippen LogP contribution in [-0.2, 0) is 32.2 Å². The summed E-state index contributed by atoms with van der Waals surface area (Å²) in [5.74, 6) is 0.0964. The first-order valence-corrected chi connectivity index (χ1v) is 27.4. The van der Waals surface area contributed by atoms with Gasteiger partial charge in [0.2, 0.25) is 5.88 Å². The number of phenolic OH excluding ortho intramolecular Hbond substituents is 1. The first kappa shape index (κ1) is 50.4. The fraction of sp³-hybridized carbons (Fsp3) is 0.100. The number of hydrogen-bond acceptors (Lipinski definition) is 11. The van der Waals surface area contributed by atoms with Crippen LogP contribution in [-0.4, -0.2) is 52.4 Å². The van der Waals surface area contributed by atoms with Gasteiger partial charge in [-0.1, -0.05) is 90.5 Å². The Morgan fingerprint density at radius 2 is 1.22 bits per heavy atom. The predicted octanol–water partition coefficient (Wildman–Crippen LogP) is 12.4. The van der Waals surface area contributed by atoms with Gasteiger partial charge in [-0.05, 0) is 141 Å². The summed E-state index contributed by atoms with van der Waals surface area (Å²) in [5, 5.41) is 27.3. The Morgan fingerprint density at radius 1 is 0.605 bits per heavy atom. The number of aromatic hydroxyl groups is 2. The van der Waals surface area contributed by atoms with Crippen molar-refractivity contribution >= 4 is 92.7 Å². The highest BCUT2D eigenvalue weighted by Gasteiger charge is 2.21. The summed E-state index contributed by atoms with van der Waals surface area (Å²) >= 11 is 0. The second-order valence-corrected chi connectivity index (χ2v) is 22.0. The minimum absolute atomic E-state index is 0.0709. The Balaban J connectivity index is 0.000000173. The minimum Gasteiger partial charge on any atom is -0.508 e. The summed E-state index contributed by atoms with van der Waals surface area (Å²) in [7, 11) is -7.48. The Kier molecular flexibility index (Phi) is 13.7. The third-order valence-electron chi connectivity index (χ3n) is 13.2. The van der Waals surface area contributed by atoms with Crippen molar-refractivity contribution in [3.8, 4) is 17.3 Å². The van der Waals surface area contributed by atoms with Crippen LogP contribution in [0.25, 0.3) is 49.3 Å². The smallest absolute Gasteiger partial charge is 0.265 e. The molecule has 0 aliphatic rings. The SMILES string of the molecule is CCn1c2ccccc2c2ccc(Nc3nc4ccccc4nc3NS(=O)(=O)c3ccc(C)cc3)cc21.Cc1ccc(-n2c(O)c(C=Nc3ccc(S(=O)(=O)Cc4ccc(O)cc4)cc3)c3ccccc3c2=O)cc1C. The number of aryl methyl sites for hydroxylation is 4. The Bertz CT molecular complexity index is 4350. The van der Waals surface area contributed by atoms with Gasteiger partial charge in [-0.2, -0.15) is 0 Å². The molecular formula is C60H51N7O7S2. The zero-order valence-corrected chi connectivity index (χ0v) is 43.4. The molecule has 11 rings (SSSR count). The largest absolute Gasteiger partial charge is 0.508 e. The average Bonchev–Trinajstić information content (AvgIpc) is 3.75. The molecule has 3 heterocycles. The number of pyridine rings is 1. The molecule has 0 atom stereocenters. The van der Waals surface area contributed by atoms with Crippen LogP contribution in [0.4, 0.5) is 23.0 Å². The maximum absolute atomic E-state index is 13.3. The highest BCUT2D eigenvalue weighted by atomic mass is 32.2. The van der Waals surface area contributed by atoms with Gasteiger partial charge in [-0.3, -0.25) is 14.5 Å². The van der Waals surface area contributed by atoms with Crippen LogP contribution < -0.4 is 15.6 Å². The standard InChI is InChI=1S/C31H26N2O5S.C29H25N5O2S/c1-20-7-12-24(17-21(20)2)33-30(35)28-6-4-3-5-27(28)29(31(33)36)18-32-23-10-15-26(16-11-23)39(37,38)19-22-8-13-25(34)14-9-22;1-3-34-26-11-7-4-8-22(26)23-17-14-20(18-27(23)34)30-28-29(32-25-10-6-5-9-24(25)31-28)33-37(35,36)21-15-12-19(2)13-16-21/h3-18,34,36H,19H2,1-2H3;4-18H,3H2,1-2H3,(H,30,31)(H,32,33). The molecule has 8 aromatic carbocycles. The number of nitrogens with one attached hydrogen (secondary N) is 2. The van der Waals surface area contributed by atoms with E-state index in [0.717, 1.165) is 39.8 Å². The molecule has 0 fully saturated rings. The molecule has 0 bridgehead atoms. The van der Waals surface area contributed by atoms with Crippen molar-refractivity contribution in [1.82, 2.24) is 19.1 Å². The number of phenols is 1. The summed E-state index contributed by atoms with van der Waals surface area (Å²) in [6.07, 6.45) is 1.48. The van der Waals surface area contributed by atoms with Gasteiger partial charge in [0.05, 0.1) is 49.0 Å². The third kappa shape index (κ3) is 10.2. The molecule has 0 saturated heterocycles. The molecule has 76 heavy (non-hydrogen) atoms. The van der Waals surface area contributed by atoms with Crippen molar-refractivity contribution in [3.05, 3.63) is 220 Å². The molecule has 0 amide bonds. The van der Waals surface area contributed by atoms with Crippen molar-refractivity contribution in [1.29, 1.82) is 0 Å². The number of aromatic nitrogens is 4. The Hall–Kier alpha value is -9.12. The van der Waals surface area contributed by atoms with Crippen molar-refractivity contribution in [2.24, 2.45) is 4.99 Å². The minimum atomic E-state index is -3.87. The number of aliphatic imine (C=N–C) groups is 1. The highest BCUT2D eigenvalue weighted by Crippen LogP contribution is 2.34. The molecule has 14 nitrogen and oxygen atoms in total. The lowest BCUT2D eigenvalue weighted by Crippen LogP contribution is -2.20. The summed E-state index contributed by atoms with van der Waals surface area (Å²) in [5.41, 5.74) is 8.95. The Morgan fingerprint density at radius 3 is 1.91 bits per heavy atom. The molecule has 0 saturated carbocycles. The van der Waals surface area contributed by atoms with E-state index in [1.165, 1.54) is 46.0 Å². The molecule has 11 aromatic rings. The number of nitrogens with zero attached hydrogens (tertiary/aromatic N) is 5. The van der Waals surface area contributed by atoms with E-state index in [0.29, 0.717) is 50.1 Å². The van der Waals surface area contributed by atoms with Gasteiger partial charge in [0, 0.05) is 45.5 Å². The van der Waals surface area contributed by atoms with Crippen molar-refractivity contribution < 1.29 is 27.0 Å². The number of rotatable bonds is 12. The number of sulfonamides is 1. The molecule has 0 aliphatic carbocycles. The monoisotopic (exact) mass is 1050 g/mol. The van der Waals surface area contributed by atoms with Gasteiger partial charge < -0.3 is 20.1 Å². The lowest BCUT2D eigenvalue weighted by atomic mass is 10.1. The van der Waals surface area contributed by atoms with Crippen LogP contribution in [0.3, 0.4) is 0 Å². The molecule has 0 unspecified atom stereocenters. The zero-order chi connectivity index (χ0) is 53.3. The van der Waals surface area contributed by atoms with Crippen LogP contribution in [0.5, 0.6) is 11.6 Å². The molecule has 4 N–H and O–H groups in total. The fourth-order valence-corrected chi connectivity index (χ4v) is 11.4. The van der Waals surface area contributed by atoms with E-state index >= 15 is 0 Å². The number of benzene rings is 8. The highest BCUT2D eigenvalue weighted by molar-refractivity contribution is 7.92. The van der Waals surface area contributed by atoms with Crippen molar-refractivity contribution in [3.63, 3.8) is 0 Å². The normalized spacial score (nSPS) is 11.8. The maximum atomic E-state index is 13.3. The van der Waals surface area contributed by atoms with Gasteiger partial charge in [0.25, 0.3) is 15.6 Å². The second kappa shape index (κ2) is 20.7. The molecule has 0 spiro atoms. The lowest BCUT2D eigenvalue weighted by Gasteiger charge is -2.14. The van der Waals surface area contributed by atoms with E-state index in [1.54, 1.807) is 78.9 Å². The number of para-hydroxylation sites is 3. The van der Waals surface area contributed by atoms with Gasteiger partial charge in [0.1, 0.15) is 5.75 Å². The van der Waals surface area contributed by atoms with E-state index in [4.69, 9.17) is 4.98 Å². The second-order valence-electron chi connectivity index (χ2n) is 18.3. The lowest BCUT2D eigenvalue weighted by molar-refractivity contribution is 0.436. The molecule has 16 heteroatoms. The number of sulfone groups is 1. The van der Waals surface area contributed by atoms with Crippen molar-refractivity contribution in [2.45, 2.75) is 49.8 Å². The van der Waals surface area contributed by atoms with Gasteiger partial charge >= 0.3 is 0 Å².